The fourth-order valence-corrected chi connectivity index (χ4v) is 2.20. The van der Waals surface area contributed by atoms with Gasteiger partial charge in [0, 0.05) is 16.7 Å². The average Bonchev–Trinajstić information content (AvgIpc) is 2.38. The minimum absolute atomic E-state index is 0. The Bertz CT molecular complexity index is 402. The lowest BCUT2D eigenvalue weighted by Crippen LogP contribution is -2.32. The summed E-state index contributed by atoms with van der Waals surface area (Å²) < 4.78 is 6.00. The molecule has 2 N–H and O–H groups in total. The maximum atomic E-state index is 11.9. The van der Waals surface area contributed by atoms with Crippen molar-refractivity contribution >= 4 is 40.9 Å². The molecule has 0 spiro atoms. The van der Waals surface area contributed by atoms with Gasteiger partial charge >= 0.3 is 0 Å². The van der Waals surface area contributed by atoms with E-state index in [2.05, 4.69) is 40.1 Å². The molecule has 0 aliphatic rings. The Kier molecular flexibility index (Phi) is 9.99. The Morgan fingerprint density at radius 1 is 1.32 bits per heavy atom. The van der Waals surface area contributed by atoms with E-state index in [4.69, 9.17) is 4.74 Å². The number of hydrogen-bond acceptors (Lipinski definition) is 3. The zero-order chi connectivity index (χ0) is 13.4. The van der Waals surface area contributed by atoms with Crippen molar-refractivity contribution in [2.45, 2.75) is 13.3 Å². The van der Waals surface area contributed by atoms with Gasteiger partial charge in [-0.1, -0.05) is 6.92 Å². The highest BCUT2D eigenvalue weighted by atomic mass is 127. The van der Waals surface area contributed by atoms with Crippen LogP contribution in [0, 0.1) is 3.57 Å². The molecule has 0 aromatic heterocycles. The van der Waals surface area contributed by atoms with Crippen molar-refractivity contribution in [1.82, 2.24) is 10.6 Å². The van der Waals surface area contributed by atoms with Gasteiger partial charge in [0.2, 0.25) is 0 Å². The molecule has 0 heterocycles. The van der Waals surface area contributed by atoms with Crippen LogP contribution in [-0.4, -0.2) is 32.7 Å². The van der Waals surface area contributed by atoms with Gasteiger partial charge in [-0.2, -0.15) is 0 Å². The lowest BCUT2D eigenvalue weighted by molar-refractivity contribution is 0.0953. The summed E-state index contributed by atoms with van der Waals surface area (Å²) in [7, 11) is 1.62. The van der Waals surface area contributed by atoms with E-state index in [0.717, 1.165) is 28.8 Å². The van der Waals surface area contributed by atoms with E-state index >= 15 is 0 Å². The molecule has 19 heavy (non-hydrogen) atoms. The number of nitrogens with one attached hydrogen (secondary N) is 2. The number of benzene rings is 1. The molecular weight excluding hydrogens is 379 g/mol. The Morgan fingerprint density at radius 2 is 2.05 bits per heavy atom. The van der Waals surface area contributed by atoms with Gasteiger partial charge in [0.25, 0.3) is 5.91 Å². The summed E-state index contributed by atoms with van der Waals surface area (Å²) in [6.07, 6.45) is 1.10. The Labute approximate surface area is 134 Å². The first kappa shape index (κ1) is 18.5. The van der Waals surface area contributed by atoms with E-state index in [-0.39, 0.29) is 18.3 Å². The van der Waals surface area contributed by atoms with Crippen LogP contribution in [-0.2, 0) is 0 Å². The molecular formula is C13H20ClIN2O2. The number of carbonyl (C=O) groups is 1. The topological polar surface area (TPSA) is 50.4 Å². The first-order chi connectivity index (χ1) is 8.69. The zero-order valence-corrected chi connectivity index (χ0v) is 14.1. The molecule has 0 aliphatic carbocycles. The highest BCUT2D eigenvalue weighted by molar-refractivity contribution is 14.1. The van der Waals surface area contributed by atoms with Crippen LogP contribution in [0.15, 0.2) is 18.2 Å². The summed E-state index contributed by atoms with van der Waals surface area (Å²) in [6.45, 7) is 4.54. The molecule has 1 amide bonds. The number of amides is 1. The van der Waals surface area contributed by atoms with Gasteiger partial charge in [0.15, 0.2) is 0 Å². The van der Waals surface area contributed by atoms with Crippen LogP contribution in [0.25, 0.3) is 0 Å². The standard InChI is InChI=1S/C13H19IN2O2.ClH/c1-3-6-15-7-8-16-13(17)11-5-4-10(18-2)9-12(11)14;/h4-5,9,15H,3,6-8H2,1-2H3,(H,16,17);1H. The number of halogens is 2. The third-order valence-corrected chi connectivity index (χ3v) is 3.33. The van der Waals surface area contributed by atoms with Gasteiger partial charge in [-0.25, -0.2) is 0 Å². The molecule has 0 fully saturated rings. The number of methoxy groups -OCH3 is 1. The van der Waals surface area contributed by atoms with Gasteiger partial charge in [0.05, 0.1) is 12.7 Å². The smallest absolute Gasteiger partial charge is 0.252 e. The second-order valence-electron chi connectivity index (χ2n) is 3.85. The Hall–Kier alpha value is -0.530. The second kappa shape index (κ2) is 10.3. The summed E-state index contributed by atoms with van der Waals surface area (Å²) >= 11 is 2.14. The summed E-state index contributed by atoms with van der Waals surface area (Å²) in [5.41, 5.74) is 0.687. The summed E-state index contributed by atoms with van der Waals surface area (Å²) in [5, 5.41) is 6.13. The molecule has 108 valence electrons. The molecule has 0 radical (unpaired) electrons. The maximum Gasteiger partial charge on any atom is 0.252 e. The monoisotopic (exact) mass is 398 g/mol. The average molecular weight is 399 g/mol. The minimum atomic E-state index is -0.0413. The van der Waals surface area contributed by atoms with Crippen LogP contribution >= 0.6 is 35.0 Å². The lowest BCUT2D eigenvalue weighted by Gasteiger charge is -2.08. The largest absolute Gasteiger partial charge is 0.497 e. The van der Waals surface area contributed by atoms with Crippen LogP contribution in [0.4, 0.5) is 0 Å². The number of hydrogen-bond donors (Lipinski definition) is 2. The van der Waals surface area contributed by atoms with Crippen molar-refractivity contribution in [3.63, 3.8) is 0 Å². The highest BCUT2D eigenvalue weighted by Gasteiger charge is 2.09. The van der Waals surface area contributed by atoms with E-state index in [1.165, 1.54) is 0 Å². The molecule has 4 nitrogen and oxygen atoms in total. The van der Waals surface area contributed by atoms with Crippen LogP contribution in [0.1, 0.15) is 23.7 Å². The van der Waals surface area contributed by atoms with Crippen molar-refractivity contribution in [3.05, 3.63) is 27.3 Å². The summed E-state index contributed by atoms with van der Waals surface area (Å²) in [6, 6.07) is 5.44. The lowest BCUT2D eigenvalue weighted by atomic mass is 10.2. The SMILES string of the molecule is CCCNCCNC(=O)c1ccc(OC)cc1I.Cl. The Morgan fingerprint density at radius 3 is 2.63 bits per heavy atom. The zero-order valence-electron chi connectivity index (χ0n) is 11.2. The van der Waals surface area contributed by atoms with Gasteiger partial charge < -0.3 is 15.4 Å². The molecule has 6 heteroatoms. The van der Waals surface area contributed by atoms with Gasteiger partial charge in [-0.05, 0) is 53.8 Å². The molecule has 0 aliphatic heterocycles. The number of rotatable bonds is 7. The third kappa shape index (κ3) is 6.44. The highest BCUT2D eigenvalue weighted by Crippen LogP contribution is 2.19. The summed E-state index contributed by atoms with van der Waals surface area (Å²) in [5.74, 6) is 0.723. The Balaban J connectivity index is 0.00000324. The molecule has 1 aromatic rings. The van der Waals surface area contributed by atoms with Crippen molar-refractivity contribution in [2.24, 2.45) is 0 Å². The molecule has 0 saturated carbocycles. The van der Waals surface area contributed by atoms with E-state index < -0.39 is 0 Å². The normalized spacial score (nSPS) is 9.63. The molecule has 0 atom stereocenters. The third-order valence-electron chi connectivity index (χ3n) is 2.43. The maximum absolute atomic E-state index is 11.9. The second-order valence-corrected chi connectivity index (χ2v) is 5.01. The van der Waals surface area contributed by atoms with Crippen LogP contribution in [0.5, 0.6) is 5.75 Å². The number of carbonyl (C=O) groups excluding carboxylic acids is 1. The van der Waals surface area contributed by atoms with Crippen LogP contribution < -0.4 is 15.4 Å². The number of ether oxygens (including phenoxy) is 1. The van der Waals surface area contributed by atoms with Crippen LogP contribution in [0.2, 0.25) is 0 Å². The molecule has 0 saturated heterocycles. The molecule has 0 bridgehead atoms. The minimum Gasteiger partial charge on any atom is -0.497 e. The van der Waals surface area contributed by atoms with E-state index in [0.29, 0.717) is 12.1 Å². The van der Waals surface area contributed by atoms with Gasteiger partial charge in [-0.15, -0.1) is 12.4 Å². The van der Waals surface area contributed by atoms with E-state index in [1.54, 1.807) is 19.2 Å². The fourth-order valence-electron chi connectivity index (χ4n) is 1.47. The van der Waals surface area contributed by atoms with E-state index in [9.17, 15) is 4.79 Å². The van der Waals surface area contributed by atoms with E-state index in [1.807, 2.05) is 6.07 Å². The van der Waals surface area contributed by atoms with Crippen molar-refractivity contribution < 1.29 is 9.53 Å². The molecule has 0 unspecified atom stereocenters. The fraction of sp³-hybridized carbons (Fsp3) is 0.462. The first-order valence-corrected chi connectivity index (χ1v) is 7.09. The van der Waals surface area contributed by atoms with Crippen LogP contribution in [0.3, 0.4) is 0 Å². The quantitative estimate of drug-likeness (QED) is 0.548. The van der Waals surface area contributed by atoms with Crippen molar-refractivity contribution in [1.29, 1.82) is 0 Å². The predicted molar refractivity (Wildman–Crippen MR) is 88.5 cm³/mol. The molecule has 1 aromatic carbocycles. The predicted octanol–water partition coefficient (Wildman–Crippen LogP) is 2.45. The van der Waals surface area contributed by atoms with Crippen molar-refractivity contribution in [3.8, 4) is 5.75 Å². The first-order valence-electron chi connectivity index (χ1n) is 6.01. The van der Waals surface area contributed by atoms with Gasteiger partial charge in [-0.3, -0.25) is 4.79 Å². The van der Waals surface area contributed by atoms with Gasteiger partial charge in [0.1, 0.15) is 5.75 Å². The summed E-state index contributed by atoms with van der Waals surface area (Å²) in [4.78, 5) is 11.9. The molecule has 1 rings (SSSR count). The van der Waals surface area contributed by atoms with Crippen molar-refractivity contribution in [2.75, 3.05) is 26.7 Å².